The first kappa shape index (κ1) is 20.3. The molecule has 0 bridgehead atoms. The van der Waals surface area contributed by atoms with E-state index in [2.05, 4.69) is 20.8 Å². The van der Waals surface area contributed by atoms with Gasteiger partial charge >= 0.3 is 0 Å². The van der Waals surface area contributed by atoms with Crippen molar-refractivity contribution in [3.63, 3.8) is 0 Å². The van der Waals surface area contributed by atoms with Crippen molar-refractivity contribution in [2.45, 2.75) is 5.03 Å². The number of aromatic nitrogens is 2. The summed E-state index contributed by atoms with van der Waals surface area (Å²) < 4.78 is 18.8. The van der Waals surface area contributed by atoms with Gasteiger partial charge in [0.2, 0.25) is 5.91 Å². The zero-order valence-corrected chi connectivity index (χ0v) is 16.2. The summed E-state index contributed by atoms with van der Waals surface area (Å²) in [7, 11) is 1.53. The van der Waals surface area contributed by atoms with Crippen molar-refractivity contribution in [1.82, 2.24) is 10.2 Å². The van der Waals surface area contributed by atoms with Crippen LogP contribution in [-0.4, -0.2) is 34.9 Å². The van der Waals surface area contributed by atoms with E-state index in [1.807, 2.05) is 6.07 Å². The molecule has 0 atom stereocenters. The maximum atomic E-state index is 13.6. The molecule has 0 saturated carbocycles. The summed E-state index contributed by atoms with van der Waals surface area (Å²) in [6.07, 6.45) is 0. The van der Waals surface area contributed by atoms with Gasteiger partial charge in [0, 0.05) is 0 Å². The van der Waals surface area contributed by atoms with Gasteiger partial charge < -0.3 is 15.4 Å². The number of nitrogens with one attached hydrogen (secondary N) is 2. The van der Waals surface area contributed by atoms with E-state index in [0.29, 0.717) is 16.5 Å². The molecular weight excluding hydrogens is 395 g/mol. The Morgan fingerprint density at radius 3 is 2.48 bits per heavy atom. The highest BCUT2D eigenvalue weighted by molar-refractivity contribution is 7.99. The molecule has 148 valence electrons. The molecule has 0 spiro atoms. The first-order valence-corrected chi connectivity index (χ1v) is 9.50. The molecule has 3 aromatic rings. The van der Waals surface area contributed by atoms with Gasteiger partial charge in [0.05, 0.1) is 24.1 Å². The van der Waals surface area contributed by atoms with Crippen LogP contribution < -0.4 is 15.4 Å². The molecule has 0 radical (unpaired) electrons. The highest BCUT2D eigenvalue weighted by atomic mass is 32.2. The predicted molar refractivity (Wildman–Crippen MR) is 109 cm³/mol. The lowest BCUT2D eigenvalue weighted by atomic mass is 10.2. The van der Waals surface area contributed by atoms with Crippen LogP contribution in [-0.2, 0) is 4.79 Å². The molecule has 0 saturated heterocycles. The lowest BCUT2D eigenvalue weighted by Gasteiger charge is -2.09. The number of nitrogens with zero attached hydrogens (tertiary/aromatic N) is 2. The third-order valence-corrected chi connectivity index (χ3v) is 4.65. The lowest BCUT2D eigenvalue weighted by Crippen LogP contribution is -2.15. The second-order valence-electron chi connectivity index (χ2n) is 5.73. The maximum Gasteiger partial charge on any atom is 0.259 e. The number of carbonyl (C=O) groups is 2. The van der Waals surface area contributed by atoms with Gasteiger partial charge in [-0.3, -0.25) is 9.59 Å². The van der Waals surface area contributed by atoms with Crippen molar-refractivity contribution < 1.29 is 18.7 Å². The Morgan fingerprint density at radius 2 is 1.76 bits per heavy atom. The average molecular weight is 412 g/mol. The highest BCUT2D eigenvalue weighted by Crippen LogP contribution is 2.24. The number of benzene rings is 2. The van der Waals surface area contributed by atoms with Crippen LogP contribution in [0.1, 0.15) is 10.4 Å². The number of anilines is 2. The number of thioether (sulfide) groups is 1. The normalized spacial score (nSPS) is 10.3. The fourth-order valence-corrected chi connectivity index (χ4v) is 2.98. The van der Waals surface area contributed by atoms with Crippen LogP contribution in [0.25, 0.3) is 0 Å². The zero-order chi connectivity index (χ0) is 20.6. The number of ether oxygens (including phenoxy) is 1. The Hall–Kier alpha value is -3.46. The largest absolute Gasteiger partial charge is 0.495 e. The molecule has 29 heavy (non-hydrogen) atoms. The first-order chi connectivity index (χ1) is 14.1. The summed E-state index contributed by atoms with van der Waals surface area (Å²) in [5.41, 5.74) is 0.499. The van der Waals surface area contributed by atoms with Crippen molar-refractivity contribution in [3.8, 4) is 5.75 Å². The third-order valence-electron chi connectivity index (χ3n) is 3.73. The quantitative estimate of drug-likeness (QED) is 0.576. The van der Waals surface area contributed by atoms with Gasteiger partial charge in [0.1, 0.15) is 16.6 Å². The Labute approximate surface area is 170 Å². The van der Waals surface area contributed by atoms with Crippen LogP contribution in [0.2, 0.25) is 0 Å². The molecule has 0 fully saturated rings. The second kappa shape index (κ2) is 9.65. The number of carbonyl (C=O) groups excluding carboxylic acids is 2. The van der Waals surface area contributed by atoms with E-state index in [1.54, 1.807) is 30.3 Å². The van der Waals surface area contributed by atoms with Crippen LogP contribution in [0.3, 0.4) is 0 Å². The summed E-state index contributed by atoms with van der Waals surface area (Å²) in [4.78, 5) is 24.2. The van der Waals surface area contributed by atoms with Gasteiger partial charge in [-0.1, -0.05) is 36.0 Å². The van der Waals surface area contributed by atoms with Crippen LogP contribution >= 0.6 is 11.8 Å². The standard InChI is InChI=1S/C20H17FN4O3S/c1-28-16-9-5-4-8-15(16)22-18(26)12-29-19-11-10-17(24-25-19)23-20(27)13-6-2-3-7-14(13)21/h2-11H,12H2,1H3,(H,22,26)(H,23,24,27). The Morgan fingerprint density at radius 1 is 1.00 bits per heavy atom. The minimum Gasteiger partial charge on any atom is -0.495 e. The molecule has 2 amide bonds. The summed E-state index contributed by atoms with van der Waals surface area (Å²) in [5, 5.41) is 13.6. The molecule has 3 rings (SSSR count). The number of hydrogen-bond donors (Lipinski definition) is 2. The van der Waals surface area contributed by atoms with Crippen LogP contribution in [0.5, 0.6) is 5.75 Å². The number of rotatable bonds is 7. The van der Waals surface area contributed by atoms with E-state index in [1.165, 1.54) is 43.1 Å². The van der Waals surface area contributed by atoms with Crippen molar-refractivity contribution in [2.75, 3.05) is 23.5 Å². The zero-order valence-electron chi connectivity index (χ0n) is 15.4. The van der Waals surface area contributed by atoms with E-state index in [4.69, 9.17) is 4.74 Å². The van der Waals surface area contributed by atoms with Gasteiger partial charge in [-0.25, -0.2) is 4.39 Å². The van der Waals surface area contributed by atoms with E-state index in [0.717, 1.165) is 0 Å². The molecule has 0 aliphatic carbocycles. The smallest absolute Gasteiger partial charge is 0.259 e. The average Bonchev–Trinajstić information content (AvgIpc) is 2.74. The van der Waals surface area contributed by atoms with Gasteiger partial charge in [-0.05, 0) is 36.4 Å². The molecule has 1 heterocycles. The first-order valence-electron chi connectivity index (χ1n) is 8.52. The van der Waals surface area contributed by atoms with Crippen LogP contribution in [0, 0.1) is 5.82 Å². The van der Waals surface area contributed by atoms with Crippen molar-refractivity contribution in [1.29, 1.82) is 0 Å². The van der Waals surface area contributed by atoms with Crippen molar-refractivity contribution >= 4 is 35.1 Å². The van der Waals surface area contributed by atoms with Crippen molar-refractivity contribution in [3.05, 3.63) is 72.0 Å². The van der Waals surface area contributed by atoms with E-state index in [-0.39, 0.29) is 23.0 Å². The van der Waals surface area contributed by atoms with Gasteiger partial charge in [0.25, 0.3) is 5.91 Å². The fourth-order valence-electron chi connectivity index (χ4n) is 2.37. The second-order valence-corrected chi connectivity index (χ2v) is 6.72. The molecule has 7 nitrogen and oxygen atoms in total. The van der Waals surface area contributed by atoms with Gasteiger partial charge in [0.15, 0.2) is 5.82 Å². The van der Waals surface area contributed by atoms with Crippen molar-refractivity contribution in [2.24, 2.45) is 0 Å². The van der Waals surface area contributed by atoms with Crippen LogP contribution in [0.4, 0.5) is 15.9 Å². The third kappa shape index (κ3) is 5.52. The van der Waals surface area contributed by atoms with E-state index in [9.17, 15) is 14.0 Å². The number of amides is 2. The number of para-hydroxylation sites is 2. The minimum atomic E-state index is -0.619. The summed E-state index contributed by atoms with van der Waals surface area (Å²) in [5.74, 6) is -0.590. The number of halogens is 1. The van der Waals surface area contributed by atoms with Crippen LogP contribution in [0.15, 0.2) is 65.7 Å². The Bertz CT molecular complexity index is 1010. The molecule has 2 N–H and O–H groups in total. The number of hydrogen-bond acceptors (Lipinski definition) is 6. The SMILES string of the molecule is COc1ccccc1NC(=O)CSc1ccc(NC(=O)c2ccccc2F)nn1. The van der Waals surface area contributed by atoms with Gasteiger partial charge in [-0.15, -0.1) is 10.2 Å². The predicted octanol–water partition coefficient (Wildman–Crippen LogP) is 3.61. The molecule has 2 aromatic carbocycles. The Kier molecular flexibility index (Phi) is 6.75. The lowest BCUT2D eigenvalue weighted by molar-refractivity contribution is -0.113. The maximum absolute atomic E-state index is 13.6. The van der Waals surface area contributed by atoms with E-state index < -0.39 is 11.7 Å². The number of methoxy groups -OCH3 is 1. The summed E-state index contributed by atoms with van der Waals surface area (Å²) in [6, 6.07) is 15.9. The molecule has 0 unspecified atom stereocenters. The molecule has 9 heteroatoms. The molecule has 0 aliphatic rings. The molecule has 0 aliphatic heterocycles. The topological polar surface area (TPSA) is 93.2 Å². The summed E-state index contributed by atoms with van der Waals surface area (Å²) >= 11 is 1.19. The fraction of sp³-hybridized carbons (Fsp3) is 0.100. The summed E-state index contributed by atoms with van der Waals surface area (Å²) in [6.45, 7) is 0. The van der Waals surface area contributed by atoms with Gasteiger partial charge in [-0.2, -0.15) is 0 Å². The Balaban J connectivity index is 1.53. The highest BCUT2D eigenvalue weighted by Gasteiger charge is 2.12. The minimum absolute atomic E-state index is 0.0826. The van der Waals surface area contributed by atoms with E-state index >= 15 is 0 Å². The monoisotopic (exact) mass is 412 g/mol. The molecule has 1 aromatic heterocycles. The molecular formula is C20H17FN4O3S.